The summed E-state index contributed by atoms with van der Waals surface area (Å²) in [5.41, 5.74) is 5.81. The highest BCUT2D eigenvalue weighted by molar-refractivity contribution is 5.76. The van der Waals surface area contributed by atoms with Gasteiger partial charge < -0.3 is 10.6 Å². The average Bonchev–Trinajstić information content (AvgIpc) is 2.43. The normalized spacial score (nSPS) is 26.5. The molecule has 134 valence electrons. The van der Waals surface area contributed by atoms with Crippen molar-refractivity contribution in [3.63, 3.8) is 0 Å². The van der Waals surface area contributed by atoms with Gasteiger partial charge in [0.2, 0.25) is 11.8 Å². The molecule has 0 bridgehead atoms. The van der Waals surface area contributed by atoms with E-state index in [2.05, 4.69) is 16.0 Å². The molecular formula is C14H25F4N5. The van der Waals surface area contributed by atoms with Gasteiger partial charge >= 0.3 is 0 Å². The van der Waals surface area contributed by atoms with E-state index in [0.717, 1.165) is 0 Å². The zero-order valence-corrected chi connectivity index (χ0v) is 13.0. The van der Waals surface area contributed by atoms with Crippen molar-refractivity contribution in [1.82, 2.24) is 16.0 Å². The second-order valence-electron chi connectivity index (χ2n) is 6.57. The summed E-state index contributed by atoms with van der Waals surface area (Å²) in [5.74, 6) is -5.23. The van der Waals surface area contributed by atoms with Crippen LogP contribution in [0.15, 0.2) is 0 Å². The quantitative estimate of drug-likeness (QED) is 0.235. The number of halogens is 4. The number of hydrogen-bond donors (Lipinski definition) is 5. The lowest BCUT2D eigenvalue weighted by Gasteiger charge is -2.32. The van der Waals surface area contributed by atoms with Crippen molar-refractivity contribution in [1.29, 1.82) is 5.41 Å². The molecule has 0 saturated heterocycles. The Balaban J connectivity index is 1.65. The molecule has 23 heavy (non-hydrogen) atoms. The predicted molar refractivity (Wildman–Crippen MR) is 79.5 cm³/mol. The molecule has 9 heteroatoms. The van der Waals surface area contributed by atoms with Gasteiger partial charge in [-0.2, -0.15) is 0 Å². The highest BCUT2D eigenvalue weighted by Gasteiger charge is 2.36. The van der Waals surface area contributed by atoms with Crippen molar-refractivity contribution in [3.05, 3.63) is 0 Å². The van der Waals surface area contributed by atoms with Crippen LogP contribution < -0.4 is 21.7 Å². The first-order valence-corrected chi connectivity index (χ1v) is 8.04. The maximum Gasteiger partial charge on any atom is 0.248 e. The number of alkyl halides is 4. The minimum absolute atomic E-state index is 0.0404. The summed E-state index contributed by atoms with van der Waals surface area (Å²) in [4.78, 5) is 0. The van der Waals surface area contributed by atoms with Gasteiger partial charge in [-0.3, -0.25) is 16.5 Å². The van der Waals surface area contributed by atoms with Crippen molar-refractivity contribution in [3.8, 4) is 0 Å². The van der Waals surface area contributed by atoms with Crippen molar-refractivity contribution >= 4 is 5.96 Å². The molecule has 0 aliphatic heterocycles. The molecule has 0 aromatic carbocycles. The number of rotatable bonds is 4. The molecule has 1 unspecified atom stereocenters. The van der Waals surface area contributed by atoms with Crippen molar-refractivity contribution in [2.45, 2.75) is 81.6 Å². The molecule has 6 N–H and O–H groups in total. The van der Waals surface area contributed by atoms with Gasteiger partial charge in [-0.15, -0.1) is 0 Å². The van der Waals surface area contributed by atoms with Gasteiger partial charge in [-0.25, -0.2) is 17.6 Å². The minimum atomic E-state index is -2.60. The number of nitrogens with two attached hydrogens (primary N) is 1. The SMILES string of the molecule is N=C(NC1CCC(F)(F)CC1)NC(N)NC1CCC(F)(F)CC1. The number of guanidine groups is 1. The summed E-state index contributed by atoms with van der Waals surface area (Å²) in [7, 11) is 0. The molecule has 2 fully saturated rings. The largest absolute Gasteiger partial charge is 0.354 e. The Morgan fingerprint density at radius 1 is 0.913 bits per heavy atom. The Bertz CT molecular complexity index is 398. The van der Waals surface area contributed by atoms with E-state index in [1.165, 1.54) is 0 Å². The standard InChI is InChI=1S/C14H25F4N5/c15-13(16)5-1-9(2-6-13)21-11(19)23-12(20)22-10-3-7-14(17,18)8-4-10/h9-11,21H,1-8,19H2,(H3,20,22,23). The lowest BCUT2D eigenvalue weighted by molar-refractivity contribution is -0.0413. The van der Waals surface area contributed by atoms with Gasteiger partial charge in [-0.05, 0) is 25.7 Å². The second kappa shape index (κ2) is 7.21. The average molecular weight is 339 g/mol. The highest BCUT2D eigenvalue weighted by Crippen LogP contribution is 2.33. The van der Waals surface area contributed by atoms with E-state index in [-0.39, 0.29) is 43.7 Å². The molecule has 5 nitrogen and oxygen atoms in total. The zero-order chi connectivity index (χ0) is 17.1. The molecule has 0 amide bonds. The van der Waals surface area contributed by atoms with E-state index >= 15 is 0 Å². The van der Waals surface area contributed by atoms with Crippen molar-refractivity contribution in [2.24, 2.45) is 5.73 Å². The van der Waals surface area contributed by atoms with Crippen molar-refractivity contribution in [2.75, 3.05) is 0 Å². The van der Waals surface area contributed by atoms with E-state index in [1.54, 1.807) is 0 Å². The summed E-state index contributed by atoms with van der Waals surface area (Å²) < 4.78 is 52.3. The summed E-state index contributed by atoms with van der Waals surface area (Å²) in [5, 5.41) is 16.3. The molecule has 2 saturated carbocycles. The topological polar surface area (TPSA) is 86.0 Å². The van der Waals surface area contributed by atoms with Crippen LogP contribution in [-0.4, -0.2) is 36.2 Å². The first-order valence-electron chi connectivity index (χ1n) is 8.04. The van der Waals surface area contributed by atoms with Crippen LogP contribution in [0.4, 0.5) is 17.6 Å². The molecule has 1 atom stereocenters. The van der Waals surface area contributed by atoms with E-state index in [0.29, 0.717) is 25.7 Å². The molecule has 0 aromatic rings. The molecule has 2 rings (SSSR count). The van der Waals surface area contributed by atoms with Crippen LogP contribution in [-0.2, 0) is 0 Å². The summed E-state index contributed by atoms with van der Waals surface area (Å²) in [6, 6.07) is -0.284. The zero-order valence-electron chi connectivity index (χ0n) is 13.0. The van der Waals surface area contributed by atoms with E-state index in [4.69, 9.17) is 11.1 Å². The lowest BCUT2D eigenvalue weighted by Crippen LogP contribution is -2.59. The summed E-state index contributed by atoms with van der Waals surface area (Å²) in [6.07, 6.45) is -0.155. The monoisotopic (exact) mass is 339 g/mol. The Kier molecular flexibility index (Phi) is 5.72. The molecule has 2 aliphatic rings. The van der Waals surface area contributed by atoms with Crippen LogP contribution in [0, 0.1) is 5.41 Å². The maximum atomic E-state index is 13.1. The van der Waals surface area contributed by atoms with Crippen LogP contribution in [0.3, 0.4) is 0 Å². The van der Waals surface area contributed by atoms with Gasteiger partial charge in [0.05, 0.1) is 0 Å². The van der Waals surface area contributed by atoms with Crippen LogP contribution >= 0.6 is 0 Å². The highest BCUT2D eigenvalue weighted by atomic mass is 19.3. The van der Waals surface area contributed by atoms with Crippen LogP contribution in [0.2, 0.25) is 0 Å². The first-order chi connectivity index (χ1) is 10.7. The van der Waals surface area contributed by atoms with Gasteiger partial charge in [0.15, 0.2) is 5.96 Å². The fourth-order valence-corrected chi connectivity index (χ4v) is 3.09. The number of nitrogens with one attached hydrogen (secondary N) is 4. The Hall–Kier alpha value is -1.09. The second-order valence-corrected chi connectivity index (χ2v) is 6.57. The molecular weight excluding hydrogens is 314 g/mol. The molecule has 0 aromatic heterocycles. The first kappa shape index (κ1) is 18.3. The summed E-state index contributed by atoms with van der Waals surface area (Å²) >= 11 is 0. The molecule has 2 aliphatic carbocycles. The van der Waals surface area contributed by atoms with E-state index < -0.39 is 18.1 Å². The van der Waals surface area contributed by atoms with E-state index in [1.807, 2.05) is 0 Å². The van der Waals surface area contributed by atoms with Crippen LogP contribution in [0.5, 0.6) is 0 Å². The maximum absolute atomic E-state index is 13.1. The van der Waals surface area contributed by atoms with Gasteiger partial charge in [0.1, 0.15) is 6.29 Å². The van der Waals surface area contributed by atoms with Gasteiger partial charge in [0, 0.05) is 37.8 Å². The molecule has 0 radical (unpaired) electrons. The summed E-state index contributed by atoms with van der Waals surface area (Å²) in [6.45, 7) is 0. The fraction of sp³-hybridized carbons (Fsp3) is 0.929. The lowest BCUT2D eigenvalue weighted by atomic mass is 9.92. The Morgan fingerprint density at radius 3 is 1.83 bits per heavy atom. The third-order valence-corrected chi connectivity index (χ3v) is 4.50. The Morgan fingerprint density at radius 2 is 1.35 bits per heavy atom. The van der Waals surface area contributed by atoms with Crippen molar-refractivity contribution < 1.29 is 17.6 Å². The Labute approximate surface area is 133 Å². The smallest absolute Gasteiger partial charge is 0.248 e. The third-order valence-electron chi connectivity index (χ3n) is 4.50. The van der Waals surface area contributed by atoms with Gasteiger partial charge in [0.25, 0.3) is 0 Å². The van der Waals surface area contributed by atoms with Gasteiger partial charge in [-0.1, -0.05) is 0 Å². The molecule has 0 heterocycles. The van der Waals surface area contributed by atoms with E-state index in [9.17, 15) is 17.6 Å². The minimum Gasteiger partial charge on any atom is -0.354 e. The van der Waals surface area contributed by atoms with Crippen LogP contribution in [0.25, 0.3) is 0 Å². The van der Waals surface area contributed by atoms with Crippen LogP contribution in [0.1, 0.15) is 51.4 Å². The number of hydrogen-bond acceptors (Lipinski definition) is 3. The molecule has 0 spiro atoms. The predicted octanol–water partition coefficient (Wildman–Crippen LogP) is 2.09. The third kappa shape index (κ3) is 6.14. The fourth-order valence-electron chi connectivity index (χ4n) is 3.09.